The summed E-state index contributed by atoms with van der Waals surface area (Å²) in [4.78, 5) is 14.7. The number of aliphatic hydroxyl groups is 1. The highest BCUT2D eigenvalue weighted by Crippen LogP contribution is 2.37. The van der Waals surface area contributed by atoms with E-state index in [0.29, 0.717) is 31.1 Å². The Balaban J connectivity index is 1.31. The van der Waals surface area contributed by atoms with E-state index in [2.05, 4.69) is 10.2 Å². The molecule has 8 heteroatoms. The lowest BCUT2D eigenvalue weighted by Crippen LogP contribution is -2.46. The Morgan fingerprint density at radius 1 is 1.11 bits per heavy atom. The molecule has 1 aromatic heterocycles. The van der Waals surface area contributed by atoms with Gasteiger partial charge in [0.25, 0.3) is 5.91 Å². The molecule has 1 amide bonds. The Bertz CT molecular complexity index is 896. The molecule has 1 saturated heterocycles. The lowest BCUT2D eigenvalue weighted by molar-refractivity contribution is 0.0369. The van der Waals surface area contributed by atoms with Crippen molar-refractivity contribution in [3.05, 3.63) is 35.4 Å². The quantitative estimate of drug-likeness (QED) is 0.848. The first kappa shape index (κ1) is 17.5. The lowest BCUT2D eigenvalue weighted by atomic mass is 9.87. The highest BCUT2D eigenvalue weighted by molar-refractivity contribution is 5.91. The number of benzene rings is 1. The van der Waals surface area contributed by atoms with Gasteiger partial charge in [-0.15, -0.1) is 10.2 Å². The predicted octanol–water partition coefficient (Wildman–Crippen LogP) is 1.72. The van der Waals surface area contributed by atoms with Crippen molar-refractivity contribution in [1.82, 2.24) is 19.7 Å². The zero-order valence-corrected chi connectivity index (χ0v) is 15.7. The van der Waals surface area contributed by atoms with Gasteiger partial charge >= 0.3 is 0 Å². The zero-order chi connectivity index (χ0) is 19.1. The SMILES string of the molecule is O=C(c1nnc2n1CCCCC2)N1CC[C@@H](c2ccc3c(c2)OCO3)[C@H](O)C1. The molecule has 1 N–H and O–H groups in total. The van der Waals surface area contributed by atoms with Crippen LogP contribution in [0.1, 0.15) is 53.6 Å². The van der Waals surface area contributed by atoms with Crippen molar-refractivity contribution in [2.24, 2.45) is 0 Å². The summed E-state index contributed by atoms with van der Waals surface area (Å²) in [7, 11) is 0. The van der Waals surface area contributed by atoms with E-state index in [9.17, 15) is 9.90 Å². The van der Waals surface area contributed by atoms with Gasteiger partial charge in [-0.2, -0.15) is 0 Å². The van der Waals surface area contributed by atoms with Crippen LogP contribution in [-0.4, -0.2) is 56.7 Å². The average molecular weight is 384 g/mol. The number of aryl methyl sites for hydroxylation is 1. The minimum absolute atomic E-state index is 0.0333. The standard InChI is InChI=1S/C20H24N4O4/c25-15-11-23(20(26)19-22-21-18-4-2-1-3-8-24(18)19)9-7-14(15)13-5-6-16-17(10-13)28-12-27-16/h5-6,10,14-15,25H,1-4,7-9,11-12H2/t14-,15+/m0/s1. The zero-order valence-electron chi connectivity index (χ0n) is 15.7. The van der Waals surface area contributed by atoms with Gasteiger partial charge < -0.3 is 24.0 Å². The molecule has 4 heterocycles. The molecule has 28 heavy (non-hydrogen) atoms. The maximum absolute atomic E-state index is 13.0. The van der Waals surface area contributed by atoms with Crippen molar-refractivity contribution >= 4 is 5.91 Å². The number of nitrogens with zero attached hydrogens (tertiary/aromatic N) is 4. The predicted molar refractivity (Wildman–Crippen MR) is 99.4 cm³/mol. The van der Waals surface area contributed by atoms with Gasteiger partial charge in [-0.3, -0.25) is 4.79 Å². The van der Waals surface area contributed by atoms with Gasteiger partial charge in [-0.1, -0.05) is 12.5 Å². The van der Waals surface area contributed by atoms with E-state index in [1.54, 1.807) is 4.90 Å². The first-order valence-corrected chi connectivity index (χ1v) is 9.99. The van der Waals surface area contributed by atoms with Gasteiger partial charge in [0.15, 0.2) is 11.5 Å². The second kappa shape index (κ2) is 7.09. The third-order valence-electron chi connectivity index (χ3n) is 5.99. The Kier molecular flexibility index (Phi) is 4.43. The van der Waals surface area contributed by atoms with Crippen molar-refractivity contribution < 1.29 is 19.4 Å². The highest BCUT2D eigenvalue weighted by atomic mass is 16.7. The van der Waals surface area contributed by atoms with Crippen molar-refractivity contribution in [1.29, 1.82) is 0 Å². The van der Waals surface area contributed by atoms with Gasteiger partial charge in [-0.05, 0) is 37.0 Å². The summed E-state index contributed by atoms with van der Waals surface area (Å²) < 4.78 is 12.8. The summed E-state index contributed by atoms with van der Waals surface area (Å²) in [6, 6.07) is 5.79. The molecule has 0 saturated carbocycles. The number of fused-ring (bicyclic) bond motifs is 2. The van der Waals surface area contributed by atoms with E-state index in [-0.39, 0.29) is 18.6 Å². The molecular formula is C20H24N4O4. The van der Waals surface area contributed by atoms with E-state index < -0.39 is 6.10 Å². The first-order valence-electron chi connectivity index (χ1n) is 9.99. The fourth-order valence-electron chi connectivity index (χ4n) is 4.43. The summed E-state index contributed by atoms with van der Waals surface area (Å²) in [5.74, 6) is 2.59. The molecule has 0 aliphatic carbocycles. The summed E-state index contributed by atoms with van der Waals surface area (Å²) in [6.07, 6.45) is 4.20. The monoisotopic (exact) mass is 384 g/mol. The van der Waals surface area contributed by atoms with E-state index in [0.717, 1.165) is 49.4 Å². The van der Waals surface area contributed by atoms with Gasteiger partial charge in [0.1, 0.15) is 5.82 Å². The number of rotatable bonds is 2. The molecule has 0 spiro atoms. The Hall–Kier alpha value is -2.61. The molecule has 3 aliphatic heterocycles. The molecule has 2 atom stereocenters. The van der Waals surface area contributed by atoms with Crippen LogP contribution in [0, 0.1) is 0 Å². The van der Waals surface area contributed by atoms with Crippen LogP contribution in [0.25, 0.3) is 0 Å². The van der Waals surface area contributed by atoms with Gasteiger partial charge in [0.2, 0.25) is 12.6 Å². The molecule has 0 bridgehead atoms. The van der Waals surface area contributed by atoms with Crippen LogP contribution in [0.2, 0.25) is 0 Å². The van der Waals surface area contributed by atoms with E-state index >= 15 is 0 Å². The topological polar surface area (TPSA) is 89.7 Å². The molecule has 1 fully saturated rings. The van der Waals surface area contributed by atoms with E-state index in [4.69, 9.17) is 9.47 Å². The second-order valence-electron chi connectivity index (χ2n) is 7.73. The van der Waals surface area contributed by atoms with E-state index in [1.807, 2.05) is 22.8 Å². The van der Waals surface area contributed by atoms with E-state index in [1.165, 1.54) is 0 Å². The maximum atomic E-state index is 13.0. The molecule has 0 radical (unpaired) electrons. The molecule has 2 aromatic rings. The molecule has 0 unspecified atom stereocenters. The number of likely N-dealkylation sites (tertiary alicyclic amines) is 1. The van der Waals surface area contributed by atoms with Crippen LogP contribution in [-0.2, 0) is 13.0 Å². The average Bonchev–Trinajstić information content (AvgIpc) is 3.27. The number of carbonyl (C=O) groups excluding carboxylic acids is 1. The Morgan fingerprint density at radius 2 is 2.00 bits per heavy atom. The summed E-state index contributed by atoms with van der Waals surface area (Å²) >= 11 is 0. The largest absolute Gasteiger partial charge is 0.454 e. The lowest BCUT2D eigenvalue weighted by Gasteiger charge is -2.36. The number of hydrogen-bond acceptors (Lipinski definition) is 6. The minimum atomic E-state index is -0.635. The molecule has 8 nitrogen and oxygen atoms in total. The molecule has 5 rings (SSSR count). The molecule has 148 valence electrons. The molecule has 1 aromatic carbocycles. The van der Waals surface area contributed by atoms with Crippen molar-refractivity contribution in [3.63, 3.8) is 0 Å². The van der Waals surface area contributed by atoms with Crippen LogP contribution in [0.4, 0.5) is 0 Å². The van der Waals surface area contributed by atoms with Crippen LogP contribution in [0.5, 0.6) is 11.5 Å². The fourth-order valence-corrected chi connectivity index (χ4v) is 4.43. The number of aliphatic hydroxyl groups excluding tert-OH is 1. The Morgan fingerprint density at radius 3 is 2.89 bits per heavy atom. The normalized spacial score (nSPS) is 24.0. The first-order chi connectivity index (χ1) is 13.7. The van der Waals surface area contributed by atoms with Gasteiger partial charge in [0.05, 0.1) is 6.10 Å². The third kappa shape index (κ3) is 3.01. The number of carbonyl (C=O) groups is 1. The summed E-state index contributed by atoms with van der Waals surface area (Å²) in [5, 5.41) is 19.2. The molecular weight excluding hydrogens is 360 g/mol. The van der Waals surface area contributed by atoms with Crippen LogP contribution in [0.15, 0.2) is 18.2 Å². The van der Waals surface area contributed by atoms with Crippen molar-refractivity contribution in [2.75, 3.05) is 19.9 Å². The minimum Gasteiger partial charge on any atom is -0.454 e. The maximum Gasteiger partial charge on any atom is 0.291 e. The summed E-state index contributed by atoms with van der Waals surface area (Å²) in [6.45, 7) is 1.90. The molecule has 3 aliphatic rings. The number of ether oxygens (including phenoxy) is 2. The number of aromatic nitrogens is 3. The highest BCUT2D eigenvalue weighted by Gasteiger charge is 2.34. The smallest absolute Gasteiger partial charge is 0.291 e. The van der Waals surface area contributed by atoms with Gasteiger partial charge in [0, 0.05) is 32.0 Å². The third-order valence-corrected chi connectivity index (χ3v) is 5.99. The van der Waals surface area contributed by atoms with Crippen molar-refractivity contribution in [3.8, 4) is 11.5 Å². The van der Waals surface area contributed by atoms with Crippen LogP contribution < -0.4 is 9.47 Å². The van der Waals surface area contributed by atoms with Crippen molar-refractivity contribution in [2.45, 2.75) is 50.7 Å². The number of amides is 1. The fraction of sp³-hybridized carbons (Fsp3) is 0.550. The van der Waals surface area contributed by atoms with Crippen LogP contribution >= 0.6 is 0 Å². The Labute approximate surface area is 163 Å². The summed E-state index contributed by atoms with van der Waals surface area (Å²) in [5.41, 5.74) is 1.01. The second-order valence-corrected chi connectivity index (χ2v) is 7.73. The van der Waals surface area contributed by atoms with Gasteiger partial charge in [-0.25, -0.2) is 0 Å². The van der Waals surface area contributed by atoms with Crippen LogP contribution in [0.3, 0.4) is 0 Å². The number of hydrogen-bond donors (Lipinski definition) is 1. The number of piperidine rings is 1. The number of β-amino-alcohol motifs (C(OH)–C–C–N with tert-alkyl or cyclic N) is 1.